The van der Waals surface area contributed by atoms with Crippen molar-refractivity contribution in [2.75, 3.05) is 23.3 Å². The zero-order valence-electron chi connectivity index (χ0n) is 16.8. The first-order valence-corrected chi connectivity index (χ1v) is 10.2. The first-order valence-electron chi connectivity index (χ1n) is 9.79. The second-order valence-corrected chi connectivity index (χ2v) is 7.88. The number of halogens is 2. The molecule has 156 valence electrons. The summed E-state index contributed by atoms with van der Waals surface area (Å²) in [6.07, 6.45) is 1.39. The maximum absolute atomic E-state index is 13.3. The van der Waals surface area contributed by atoms with Crippen molar-refractivity contribution in [1.29, 1.82) is 0 Å². The highest BCUT2D eigenvalue weighted by Gasteiger charge is 2.26. The SMILES string of the molecule is Cc1cc(C)n(-c2ccc(N3CCC(C(=O)Nc4ccc(F)c(Cl)c4)CC3)nn2)n1. The number of carbonyl (C=O) groups excluding carboxylic acids is 1. The lowest BCUT2D eigenvalue weighted by molar-refractivity contribution is -0.120. The Kier molecular flexibility index (Phi) is 5.67. The average molecular weight is 429 g/mol. The number of rotatable bonds is 4. The summed E-state index contributed by atoms with van der Waals surface area (Å²) in [4.78, 5) is 14.7. The maximum Gasteiger partial charge on any atom is 0.227 e. The summed E-state index contributed by atoms with van der Waals surface area (Å²) in [5.41, 5.74) is 2.44. The number of carbonyl (C=O) groups is 1. The lowest BCUT2D eigenvalue weighted by atomic mass is 9.96. The smallest absolute Gasteiger partial charge is 0.227 e. The minimum Gasteiger partial charge on any atom is -0.355 e. The van der Waals surface area contributed by atoms with E-state index < -0.39 is 5.82 Å². The van der Waals surface area contributed by atoms with E-state index in [1.807, 2.05) is 32.0 Å². The molecule has 0 radical (unpaired) electrons. The molecule has 0 atom stereocenters. The molecule has 3 aromatic rings. The number of hydrogen-bond donors (Lipinski definition) is 1. The van der Waals surface area contributed by atoms with Crippen LogP contribution >= 0.6 is 11.6 Å². The van der Waals surface area contributed by atoms with Crippen molar-refractivity contribution in [3.05, 3.63) is 58.6 Å². The standard InChI is InChI=1S/C21H22ClFN6O/c1-13-11-14(2)29(27-13)20-6-5-19(25-26-20)28-9-7-15(8-10-28)21(30)24-16-3-4-18(23)17(22)12-16/h3-6,11-12,15H,7-10H2,1-2H3,(H,24,30). The highest BCUT2D eigenvalue weighted by atomic mass is 35.5. The quantitative estimate of drug-likeness (QED) is 0.681. The molecule has 0 bridgehead atoms. The summed E-state index contributed by atoms with van der Waals surface area (Å²) in [5, 5.41) is 15.9. The van der Waals surface area contributed by atoms with Crippen LogP contribution in [0, 0.1) is 25.6 Å². The number of piperidine rings is 1. The van der Waals surface area contributed by atoms with E-state index in [0.717, 1.165) is 17.2 Å². The first kappa shape index (κ1) is 20.3. The molecular weight excluding hydrogens is 407 g/mol. The van der Waals surface area contributed by atoms with Gasteiger partial charge in [0.1, 0.15) is 5.82 Å². The molecule has 3 heterocycles. The molecular formula is C21H22ClFN6O. The molecule has 7 nitrogen and oxygen atoms in total. The topological polar surface area (TPSA) is 75.9 Å². The first-order chi connectivity index (χ1) is 14.4. The van der Waals surface area contributed by atoms with Gasteiger partial charge in [-0.3, -0.25) is 4.79 Å². The summed E-state index contributed by atoms with van der Waals surface area (Å²) in [5.74, 6) is 0.754. The minimum atomic E-state index is -0.507. The Morgan fingerprint density at radius 2 is 1.80 bits per heavy atom. The van der Waals surface area contributed by atoms with Gasteiger partial charge in [-0.25, -0.2) is 9.07 Å². The summed E-state index contributed by atoms with van der Waals surface area (Å²) in [7, 11) is 0. The number of hydrogen-bond acceptors (Lipinski definition) is 5. The Balaban J connectivity index is 1.35. The molecule has 30 heavy (non-hydrogen) atoms. The van der Waals surface area contributed by atoms with E-state index in [0.29, 0.717) is 37.4 Å². The number of nitrogens with zero attached hydrogens (tertiary/aromatic N) is 5. The van der Waals surface area contributed by atoms with Crippen molar-refractivity contribution in [2.24, 2.45) is 5.92 Å². The monoisotopic (exact) mass is 428 g/mol. The Morgan fingerprint density at radius 1 is 1.10 bits per heavy atom. The van der Waals surface area contributed by atoms with E-state index in [1.54, 1.807) is 4.68 Å². The normalized spacial score (nSPS) is 14.7. The molecule has 9 heteroatoms. The van der Waals surface area contributed by atoms with Gasteiger partial charge in [-0.1, -0.05) is 11.6 Å². The van der Waals surface area contributed by atoms with Gasteiger partial charge in [0.15, 0.2) is 11.6 Å². The van der Waals surface area contributed by atoms with Crippen molar-refractivity contribution in [2.45, 2.75) is 26.7 Å². The molecule has 1 fully saturated rings. The number of anilines is 2. The Bertz CT molecular complexity index is 1060. The summed E-state index contributed by atoms with van der Waals surface area (Å²) < 4.78 is 15.0. The van der Waals surface area contributed by atoms with Gasteiger partial charge in [-0.05, 0) is 63.1 Å². The Hall–Kier alpha value is -3.00. The molecule has 0 saturated carbocycles. The van der Waals surface area contributed by atoms with Gasteiger partial charge < -0.3 is 10.2 Å². The van der Waals surface area contributed by atoms with E-state index in [4.69, 9.17) is 11.6 Å². The molecule has 1 saturated heterocycles. The summed E-state index contributed by atoms with van der Waals surface area (Å²) in [6, 6.07) is 10.00. The lowest BCUT2D eigenvalue weighted by Crippen LogP contribution is -2.38. The van der Waals surface area contributed by atoms with E-state index in [2.05, 4.69) is 25.5 Å². The van der Waals surface area contributed by atoms with Crippen molar-refractivity contribution < 1.29 is 9.18 Å². The second kappa shape index (κ2) is 8.39. The summed E-state index contributed by atoms with van der Waals surface area (Å²) >= 11 is 5.78. The van der Waals surface area contributed by atoms with Gasteiger partial charge in [0.05, 0.1) is 10.7 Å². The fourth-order valence-corrected chi connectivity index (χ4v) is 3.83. The van der Waals surface area contributed by atoms with Crippen LogP contribution in [0.2, 0.25) is 5.02 Å². The van der Waals surface area contributed by atoms with Crippen LogP contribution in [-0.4, -0.2) is 39.0 Å². The number of benzene rings is 1. The lowest BCUT2D eigenvalue weighted by Gasteiger charge is -2.31. The predicted octanol–water partition coefficient (Wildman–Crippen LogP) is 3.93. The van der Waals surface area contributed by atoms with Gasteiger partial charge in [0, 0.05) is 30.4 Å². The van der Waals surface area contributed by atoms with Crippen molar-refractivity contribution in [3.63, 3.8) is 0 Å². The van der Waals surface area contributed by atoms with Crippen LogP contribution in [0.25, 0.3) is 5.82 Å². The fourth-order valence-electron chi connectivity index (χ4n) is 3.65. The van der Waals surface area contributed by atoms with Crippen LogP contribution in [-0.2, 0) is 4.79 Å². The summed E-state index contributed by atoms with van der Waals surface area (Å²) in [6.45, 7) is 5.33. The molecule has 4 rings (SSSR count). The molecule has 1 amide bonds. The van der Waals surface area contributed by atoms with E-state index in [-0.39, 0.29) is 16.8 Å². The van der Waals surface area contributed by atoms with Crippen molar-refractivity contribution >= 4 is 29.0 Å². The molecule has 2 aromatic heterocycles. The Labute approximate surface area is 178 Å². The molecule has 1 N–H and O–H groups in total. The maximum atomic E-state index is 13.3. The van der Waals surface area contributed by atoms with Crippen LogP contribution < -0.4 is 10.2 Å². The van der Waals surface area contributed by atoms with Gasteiger partial charge in [0.25, 0.3) is 0 Å². The molecule has 0 spiro atoms. The molecule has 0 aliphatic carbocycles. The third-order valence-corrected chi connectivity index (χ3v) is 5.53. The highest BCUT2D eigenvalue weighted by molar-refractivity contribution is 6.31. The van der Waals surface area contributed by atoms with Crippen molar-refractivity contribution in [1.82, 2.24) is 20.0 Å². The van der Waals surface area contributed by atoms with Crippen LogP contribution in [0.15, 0.2) is 36.4 Å². The van der Waals surface area contributed by atoms with Crippen LogP contribution in [0.5, 0.6) is 0 Å². The molecule has 1 aromatic carbocycles. The van der Waals surface area contributed by atoms with Gasteiger partial charge in [-0.2, -0.15) is 5.10 Å². The number of aryl methyl sites for hydroxylation is 2. The molecule has 1 aliphatic rings. The third kappa shape index (κ3) is 4.28. The van der Waals surface area contributed by atoms with Gasteiger partial charge in [-0.15, -0.1) is 10.2 Å². The van der Waals surface area contributed by atoms with Crippen LogP contribution in [0.1, 0.15) is 24.2 Å². The Morgan fingerprint density at radius 3 is 2.40 bits per heavy atom. The largest absolute Gasteiger partial charge is 0.355 e. The molecule has 1 aliphatic heterocycles. The molecule has 0 unspecified atom stereocenters. The van der Waals surface area contributed by atoms with Gasteiger partial charge >= 0.3 is 0 Å². The zero-order valence-corrected chi connectivity index (χ0v) is 17.5. The zero-order chi connectivity index (χ0) is 21.3. The minimum absolute atomic E-state index is 0.00916. The van der Waals surface area contributed by atoms with Crippen molar-refractivity contribution in [3.8, 4) is 5.82 Å². The van der Waals surface area contributed by atoms with Gasteiger partial charge in [0.2, 0.25) is 5.91 Å². The van der Waals surface area contributed by atoms with E-state index in [9.17, 15) is 9.18 Å². The van der Waals surface area contributed by atoms with Crippen LogP contribution in [0.3, 0.4) is 0 Å². The number of aromatic nitrogens is 4. The second-order valence-electron chi connectivity index (χ2n) is 7.47. The third-order valence-electron chi connectivity index (χ3n) is 5.24. The average Bonchev–Trinajstić information content (AvgIpc) is 3.09. The fraction of sp³-hybridized carbons (Fsp3) is 0.333. The van der Waals surface area contributed by atoms with E-state index >= 15 is 0 Å². The number of nitrogens with one attached hydrogen (secondary N) is 1. The predicted molar refractivity (Wildman–Crippen MR) is 114 cm³/mol. The number of amides is 1. The highest BCUT2D eigenvalue weighted by Crippen LogP contribution is 2.25. The van der Waals surface area contributed by atoms with Crippen LogP contribution in [0.4, 0.5) is 15.9 Å². The van der Waals surface area contributed by atoms with E-state index in [1.165, 1.54) is 18.2 Å².